The standard InChI is InChI=1S/C15H14N2O2/c18-15(19)9-4-11-10-2-1-3-12-14(10)8(6-16-12)5-13(11)17-7-9/h1-4,6,9,13,16-17H,5,7H2,(H,18,19). The molecule has 0 amide bonds. The lowest BCUT2D eigenvalue weighted by Gasteiger charge is -2.32. The van der Waals surface area contributed by atoms with Gasteiger partial charge in [0.25, 0.3) is 0 Å². The molecule has 4 rings (SSSR count). The first kappa shape index (κ1) is 10.8. The van der Waals surface area contributed by atoms with E-state index in [0.717, 1.165) is 17.5 Å². The first-order chi connectivity index (χ1) is 9.24. The quantitative estimate of drug-likeness (QED) is 0.726. The van der Waals surface area contributed by atoms with Gasteiger partial charge in [0.05, 0.1) is 5.92 Å². The average molecular weight is 254 g/mol. The monoisotopic (exact) mass is 254 g/mol. The van der Waals surface area contributed by atoms with Crippen LogP contribution in [-0.4, -0.2) is 28.6 Å². The molecule has 1 aromatic carbocycles. The summed E-state index contributed by atoms with van der Waals surface area (Å²) in [6, 6.07) is 6.41. The maximum atomic E-state index is 11.2. The van der Waals surface area contributed by atoms with Gasteiger partial charge in [0.2, 0.25) is 0 Å². The average Bonchev–Trinajstić information content (AvgIpc) is 2.83. The Balaban J connectivity index is 1.95. The summed E-state index contributed by atoms with van der Waals surface area (Å²) in [6.07, 6.45) is 4.92. The predicted octanol–water partition coefficient (Wildman–Crippen LogP) is 1.78. The summed E-state index contributed by atoms with van der Waals surface area (Å²) < 4.78 is 0. The fourth-order valence-corrected chi connectivity index (χ4v) is 3.27. The lowest BCUT2D eigenvalue weighted by atomic mass is 9.81. The second-order valence-corrected chi connectivity index (χ2v) is 5.27. The number of hydrogen-bond donors (Lipinski definition) is 3. The van der Waals surface area contributed by atoms with Gasteiger partial charge in [-0.25, -0.2) is 0 Å². The lowest BCUT2D eigenvalue weighted by Crippen LogP contribution is -2.42. The molecule has 0 bridgehead atoms. The van der Waals surface area contributed by atoms with Crippen LogP contribution in [-0.2, 0) is 11.2 Å². The third kappa shape index (κ3) is 1.47. The topological polar surface area (TPSA) is 65.1 Å². The number of rotatable bonds is 1. The van der Waals surface area contributed by atoms with E-state index in [4.69, 9.17) is 0 Å². The van der Waals surface area contributed by atoms with Crippen molar-refractivity contribution in [1.82, 2.24) is 10.3 Å². The van der Waals surface area contributed by atoms with E-state index in [-0.39, 0.29) is 6.04 Å². The van der Waals surface area contributed by atoms with Crippen LogP contribution in [0.4, 0.5) is 0 Å². The Morgan fingerprint density at radius 2 is 2.26 bits per heavy atom. The number of carboxylic acid groups (broad SMARTS) is 1. The van der Waals surface area contributed by atoms with Gasteiger partial charge in [0.1, 0.15) is 0 Å². The molecule has 0 fully saturated rings. The second-order valence-electron chi connectivity index (χ2n) is 5.27. The highest BCUT2D eigenvalue weighted by molar-refractivity contribution is 5.99. The van der Waals surface area contributed by atoms with Gasteiger partial charge < -0.3 is 15.4 Å². The second kappa shape index (κ2) is 3.71. The van der Waals surface area contributed by atoms with E-state index in [1.54, 1.807) is 0 Å². The molecule has 2 unspecified atom stereocenters. The van der Waals surface area contributed by atoms with E-state index >= 15 is 0 Å². The molecule has 19 heavy (non-hydrogen) atoms. The van der Waals surface area contributed by atoms with Gasteiger partial charge >= 0.3 is 5.97 Å². The van der Waals surface area contributed by atoms with Crippen molar-refractivity contribution >= 4 is 22.4 Å². The minimum atomic E-state index is -0.759. The van der Waals surface area contributed by atoms with Crippen LogP contribution in [0.25, 0.3) is 16.5 Å². The van der Waals surface area contributed by atoms with Crippen LogP contribution >= 0.6 is 0 Å². The van der Waals surface area contributed by atoms with E-state index < -0.39 is 11.9 Å². The first-order valence-electron chi connectivity index (χ1n) is 6.51. The summed E-state index contributed by atoms with van der Waals surface area (Å²) in [5, 5.41) is 13.8. The van der Waals surface area contributed by atoms with Gasteiger partial charge in [-0.05, 0) is 29.2 Å². The summed E-state index contributed by atoms with van der Waals surface area (Å²) in [4.78, 5) is 14.5. The molecular weight excluding hydrogens is 240 g/mol. The zero-order valence-corrected chi connectivity index (χ0v) is 10.3. The van der Waals surface area contributed by atoms with Gasteiger partial charge in [0.15, 0.2) is 0 Å². The molecular formula is C15H14N2O2. The molecule has 0 saturated carbocycles. The van der Waals surface area contributed by atoms with Crippen molar-refractivity contribution in [1.29, 1.82) is 0 Å². The molecule has 2 aromatic rings. The third-order valence-corrected chi connectivity index (χ3v) is 4.18. The van der Waals surface area contributed by atoms with Crippen molar-refractivity contribution in [3.8, 4) is 0 Å². The van der Waals surface area contributed by atoms with Gasteiger partial charge in [-0.15, -0.1) is 0 Å². The molecule has 96 valence electrons. The van der Waals surface area contributed by atoms with Gasteiger partial charge in [-0.1, -0.05) is 18.2 Å². The number of fused-ring (bicyclic) bond motifs is 2. The maximum Gasteiger partial charge on any atom is 0.311 e. The van der Waals surface area contributed by atoms with Crippen LogP contribution in [0.1, 0.15) is 11.1 Å². The van der Waals surface area contributed by atoms with Crippen LogP contribution < -0.4 is 5.32 Å². The predicted molar refractivity (Wildman–Crippen MR) is 72.9 cm³/mol. The number of aromatic amines is 1. The van der Waals surface area contributed by atoms with E-state index in [1.807, 2.05) is 12.1 Å². The first-order valence-corrected chi connectivity index (χ1v) is 6.51. The summed E-state index contributed by atoms with van der Waals surface area (Å²) >= 11 is 0. The van der Waals surface area contributed by atoms with Crippen LogP contribution in [0.2, 0.25) is 0 Å². The van der Waals surface area contributed by atoms with Crippen molar-refractivity contribution in [3.63, 3.8) is 0 Å². The van der Waals surface area contributed by atoms with E-state index in [9.17, 15) is 9.90 Å². The number of aromatic nitrogens is 1. The largest absolute Gasteiger partial charge is 0.481 e. The molecule has 4 heteroatoms. The Bertz CT molecular complexity index is 714. The normalized spacial score (nSPS) is 24.9. The SMILES string of the molecule is O=C(O)C1C=C2c3cccc4[nH]cc(c34)CC2NC1. The number of aliphatic carboxylic acids is 1. The Kier molecular flexibility index (Phi) is 2.11. The van der Waals surface area contributed by atoms with Crippen LogP contribution in [0.15, 0.2) is 30.5 Å². The minimum absolute atomic E-state index is 0.240. The molecule has 0 spiro atoms. The summed E-state index contributed by atoms with van der Waals surface area (Å²) in [5.74, 6) is -1.19. The Hall–Kier alpha value is -2.07. The molecule has 1 aliphatic carbocycles. The number of H-pyrrole nitrogens is 1. The number of hydrogen-bond acceptors (Lipinski definition) is 2. The molecule has 0 radical (unpaired) electrons. The molecule has 2 heterocycles. The van der Waals surface area contributed by atoms with Crippen LogP contribution in [0, 0.1) is 5.92 Å². The van der Waals surface area contributed by atoms with Crippen molar-refractivity contribution in [3.05, 3.63) is 41.6 Å². The fraction of sp³-hybridized carbons (Fsp3) is 0.267. The zero-order valence-electron chi connectivity index (χ0n) is 10.3. The Labute approximate surface area is 110 Å². The van der Waals surface area contributed by atoms with Crippen molar-refractivity contribution in [2.45, 2.75) is 12.5 Å². The summed E-state index contributed by atoms with van der Waals surface area (Å²) in [5.41, 5.74) is 4.75. The Morgan fingerprint density at radius 1 is 1.37 bits per heavy atom. The van der Waals surface area contributed by atoms with E-state index in [2.05, 4.69) is 28.6 Å². The van der Waals surface area contributed by atoms with Crippen LogP contribution in [0.5, 0.6) is 0 Å². The number of carbonyl (C=O) groups is 1. The highest BCUT2D eigenvalue weighted by Crippen LogP contribution is 2.38. The zero-order chi connectivity index (χ0) is 13.0. The van der Waals surface area contributed by atoms with Gasteiger partial charge in [-0.2, -0.15) is 0 Å². The Morgan fingerprint density at radius 3 is 3.11 bits per heavy atom. The molecule has 2 atom stereocenters. The highest BCUT2D eigenvalue weighted by atomic mass is 16.4. The van der Waals surface area contributed by atoms with Crippen LogP contribution in [0.3, 0.4) is 0 Å². The fourth-order valence-electron chi connectivity index (χ4n) is 3.27. The molecule has 2 aliphatic rings. The third-order valence-electron chi connectivity index (χ3n) is 4.18. The lowest BCUT2D eigenvalue weighted by molar-refractivity contribution is -0.140. The number of benzene rings is 1. The van der Waals surface area contributed by atoms with Crippen molar-refractivity contribution < 1.29 is 9.90 Å². The smallest absolute Gasteiger partial charge is 0.311 e. The van der Waals surface area contributed by atoms with Crippen molar-refractivity contribution in [2.24, 2.45) is 5.92 Å². The van der Waals surface area contributed by atoms with Gasteiger partial charge in [-0.3, -0.25) is 4.79 Å². The molecule has 0 saturated heterocycles. The molecule has 3 N–H and O–H groups in total. The minimum Gasteiger partial charge on any atom is -0.481 e. The maximum absolute atomic E-state index is 11.2. The number of nitrogens with one attached hydrogen (secondary N) is 2. The van der Waals surface area contributed by atoms with Gasteiger partial charge in [0, 0.05) is 29.7 Å². The molecule has 1 aliphatic heterocycles. The molecule has 4 nitrogen and oxygen atoms in total. The number of carboxylic acids is 1. The highest BCUT2D eigenvalue weighted by Gasteiger charge is 2.31. The molecule has 1 aromatic heterocycles. The van der Waals surface area contributed by atoms with E-state index in [0.29, 0.717) is 6.54 Å². The summed E-state index contributed by atoms with van der Waals surface area (Å²) in [6.45, 7) is 0.513. The van der Waals surface area contributed by atoms with Crippen molar-refractivity contribution in [2.75, 3.05) is 6.54 Å². The van der Waals surface area contributed by atoms with E-state index in [1.165, 1.54) is 16.5 Å². The summed E-state index contributed by atoms with van der Waals surface area (Å²) in [7, 11) is 0.